The van der Waals surface area contributed by atoms with Gasteiger partial charge in [-0.1, -0.05) is 20.8 Å². The quantitative estimate of drug-likeness (QED) is 0.832. The van der Waals surface area contributed by atoms with E-state index >= 15 is 0 Å². The summed E-state index contributed by atoms with van der Waals surface area (Å²) in [5.74, 6) is 2.68. The van der Waals surface area contributed by atoms with Crippen molar-refractivity contribution in [3.63, 3.8) is 0 Å². The summed E-state index contributed by atoms with van der Waals surface area (Å²) < 4.78 is 7.58. The van der Waals surface area contributed by atoms with Crippen molar-refractivity contribution in [2.24, 2.45) is 12.5 Å². The van der Waals surface area contributed by atoms with Gasteiger partial charge in [-0.25, -0.2) is 0 Å². The molecule has 0 N–H and O–H groups in total. The van der Waals surface area contributed by atoms with Crippen molar-refractivity contribution >= 4 is 11.9 Å². The summed E-state index contributed by atoms with van der Waals surface area (Å²) in [6, 6.07) is 0. The second-order valence-electron chi connectivity index (χ2n) is 8.41. The first-order valence-corrected chi connectivity index (χ1v) is 9.35. The zero-order chi connectivity index (χ0) is 18.0. The van der Waals surface area contributed by atoms with E-state index in [2.05, 4.69) is 47.5 Å². The van der Waals surface area contributed by atoms with E-state index in [-0.39, 0.29) is 11.3 Å². The Labute approximate surface area is 150 Å². The van der Waals surface area contributed by atoms with Crippen LogP contribution in [-0.2, 0) is 16.6 Å². The number of hydrogen-bond donors (Lipinski definition) is 0. The van der Waals surface area contributed by atoms with Gasteiger partial charge in [-0.05, 0) is 18.3 Å². The number of anilines is 1. The molecule has 25 heavy (non-hydrogen) atoms. The van der Waals surface area contributed by atoms with Crippen LogP contribution in [0.2, 0.25) is 0 Å². The molecule has 0 saturated carbocycles. The lowest BCUT2D eigenvalue weighted by Crippen LogP contribution is -2.50. The molecule has 0 bridgehead atoms. The molecule has 0 unspecified atom stereocenters. The maximum Gasteiger partial charge on any atom is 0.227 e. The summed E-state index contributed by atoms with van der Waals surface area (Å²) in [7, 11) is 2.05. The van der Waals surface area contributed by atoms with Gasteiger partial charge in [-0.15, -0.1) is 10.2 Å². The molecule has 0 atom stereocenters. The van der Waals surface area contributed by atoms with Gasteiger partial charge in [0.2, 0.25) is 11.9 Å². The highest BCUT2D eigenvalue weighted by Crippen LogP contribution is 2.27. The number of aromatic nitrogens is 3. The molecule has 3 heterocycles. The molecule has 0 aliphatic carbocycles. The molecule has 0 radical (unpaired) electrons. The molecule has 1 aromatic heterocycles. The monoisotopic (exact) mass is 349 g/mol. The standard InChI is InChI=1S/C18H31N5O2/c1-18(2,3)13-15(24)22-7-9-23(10-8-22)17-20-19-16(21(17)4)14-5-11-25-12-6-14/h14H,5-13H2,1-4H3. The minimum absolute atomic E-state index is 0.0381. The van der Waals surface area contributed by atoms with Crippen molar-refractivity contribution in [1.29, 1.82) is 0 Å². The smallest absolute Gasteiger partial charge is 0.227 e. The molecule has 1 aromatic rings. The zero-order valence-corrected chi connectivity index (χ0v) is 16.0. The Balaban J connectivity index is 1.60. The van der Waals surface area contributed by atoms with Gasteiger partial charge in [0.15, 0.2) is 0 Å². The molecule has 2 aliphatic rings. The predicted octanol–water partition coefficient (Wildman–Crippen LogP) is 1.79. The van der Waals surface area contributed by atoms with Gasteiger partial charge in [0.25, 0.3) is 0 Å². The number of nitrogens with zero attached hydrogens (tertiary/aromatic N) is 5. The van der Waals surface area contributed by atoms with Crippen LogP contribution in [0.25, 0.3) is 0 Å². The highest BCUT2D eigenvalue weighted by Gasteiger charge is 2.28. The summed E-state index contributed by atoms with van der Waals surface area (Å²) in [6.07, 6.45) is 2.63. The van der Waals surface area contributed by atoms with Gasteiger partial charge < -0.3 is 19.1 Å². The van der Waals surface area contributed by atoms with Crippen LogP contribution >= 0.6 is 0 Å². The van der Waals surface area contributed by atoms with E-state index < -0.39 is 0 Å². The number of piperazine rings is 1. The minimum Gasteiger partial charge on any atom is -0.381 e. The van der Waals surface area contributed by atoms with Crippen LogP contribution < -0.4 is 4.90 Å². The third kappa shape index (κ3) is 4.32. The Kier molecular flexibility index (Phi) is 5.32. The molecule has 0 spiro atoms. The topological polar surface area (TPSA) is 63.5 Å². The SMILES string of the molecule is Cn1c(C2CCOCC2)nnc1N1CCN(C(=O)CC(C)(C)C)CC1. The molecule has 2 aliphatic heterocycles. The molecule has 2 saturated heterocycles. The predicted molar refractivity (Wildman–Crippen MR) is 96.7 cm³/mol. The average Bonchev–Trinajstić information content (AvgIpc) is 2.96. The summed E-state index contributed by atoms with van der Waals surface area (Å²) in [6.45, 7) is 11.1. The summed E-state index contributed by atoms with van der Waals surface area (Å²) in [4.78, 5) is 16.6. The van der Waals surface area contributed by atoms with E-state index in [1.165, 1.54) is 0 Å². The molecule has 2 fully saturated rings. The fraction of sp³-hybridized carbons (Fsp3) is 0.833. The van der Waals surface area contributed by atoms with Crippen molar-refractivity contribution < 1.29 is 9.53 Å². The van der Waals surface area contributed by atoms with Crippen LogP contribution in [0.1, 0.15) is 51.8 Å². The van der Waals surface area contributed by atoms with E-state index in [0.717, 1.165) is 64.0 Å². The first-order valence-electron chi connectivity index (χ1n) is 9.35. The van der Waals surface area contributed by atoms with Crippen molar-refractivity contribution in [2.75, 3.05) is 44.3 Å². The lowest BCUT2D eigenvalue weighted by Gasteiger charge is -2.36. The van der Waals surface area contributed by atoms with Gasteiger partial charge in [0, 0.05) is 58.8 Å². The van der Waals surface area contributed by atoms with E-state index in [1.54, 1.807) is 0 Å². The fourth-order valence-electron chi connectivity index (χ4n) is 3.64. The van der Waals surface area contributed by atoms with Crippen LogP contribution in [0.4, 0.5) is 5.95 Å². The van der Waals surface area contributed by atoms with E-state index in [9.17, 15) is 4.79 Å². The largest absolute Gasteiger partial charge is 0.381 e. The fourth-order valence-corrected chi connectivity index (χ4v) is 3.64. The highest BCUT2D eigenvalue weighted by molar-refractivity contribution is 5.77. The van der Waals surface area contributed by atoms with Gasteiger partial charge in [-0.3, -0.25) is 4.79 Å². The number of carbonyl (C=O) groups is 1. The van der Waals surface area contributed by atoms with Gasteiger partial charge in [0.1, 0.15) is 5.82 Å². The second kappa shape index (κ2) is 7.32. The Morgan fingerprint density at radius 3 is 2.36 bits per heavy atom. The molecule has 7 nitrogen and oxygen atoms in total. The molecule has 0 aromatic carbocycles. The Morgan fingerprint density at radius 1 is 1.12 bits per heavy atom. The number of rotatable bonds is 3. The van der Waals surface area contributed by atoms with Crippen molar-refractivity contribution in [1.82, 2.24) is 19.7 Å². The van der Waals surface area contributed by atoms with E-state index in [1.807, 2.05) is 4.90 Å². The Morgan fingerprint density at radius 2 is 1.76 bits per heavy atom. The third-order valence-electron chi connectivity index (χ3n) is 5.07. The van der Waals surface area contributed by atoms with Crippen LogP contribution in [0.3, 0.4) is 0 Å². The zero-order valence-electron chi connectivity index (χ0n) is 16.0. The first kappa shape index (κ1) is 18.2. The van der Waals surface area contributed by atoms with Crippen LogP contribution in [0, 0.1) is 5.41 Å². The molecule has 3 rings (SSSR count). The Bertz CT molecular complexity index is 593. The molecular formula is C18H31N5O2. The molecular weight excluding hydrogens is 318 g/mol. The molecule has 1 amide bonds. The summed E-state index contributed by atoms with van der Waals surface area (Å²) in [5, 5.41) is 8.89. The molecule has 7 heteroatoms. The van der Waals surface area contributed by atoms with Gasteiger partial charge in [-0.2, -0.15) is 0 Å². The number of ether oxygens (including phenoxy) is 1. The highest BCUT2D eigenvalue weighted by atomic mass is 16.5. The van der Waals surface area contributed by atoms with E-state index in [0.29, 0.717) is 12.3 Å². The maximum atomic E-state index is 12.4. The van der Waals surface area contributed by atoms with Crippen molar-refractivity contribution in [2.45, 2.75) is 46.0 Å². The van der Waals surface area contributed by atoms with Gasteiger partial charge in [0.05, 0.1) is 0 Å². The number of amides is 1. The van der Waals surface area contributed by atoms with Crippen LogP contribution in [0.5, 0.6) is 0 Å². The van der Waals surface area contributed by atoms with Gasteiger partial charge >= 0.3 is 0 Å². The first-order chi connectivity index (χ1) is 11.8. The lowest BCUT2D eigenvalue weighted by atomic mass is 9.91. The van der Waals surface area contributed by atoms with Crippen LogP contribution in [0.15, 0.2) is 0 Å². The van der Waals surface area contributed by atoms with Crippen molar-refractivity contribution in [3.05, 3.63) is 5.82 Å². The maximum absolute atomic E-state index is 12.4. The van der Waals surface area contributed by atoms with Crippen LogP contribution in [-0.4, -0.2) is 65.0 Å². The molecule has 140 valence electrons. The summed E-state index contributed by atoms with van der Waals surface area (Å²) >= 11 is 0. The number of carbonyl (C=O) groups excluding carboxylic acids is 1. The van der Waals surface area contributed by atoms with Crippen molar-refractivity contribution in [3.8, 4) is 0 Å². The Hall–Kier alpha value is -1.63. The number of hydrogen-bond acceptors (Lipinski definition) is 5. The minimum atomic E-state index is 0.0381. The summed E-state index contributed by atoms with van der Waals surface area (Å²) in [5.41, 5.74) is 0.0381. The normalized spacial score (nSPS) is 20.2. The second-order valence-corrected chi connectivity index (χ2v) is 8.41. The lowest BCUT2D eigenvalue weighted by molar-refractivity contribution is -0.133. The average molecular weight is 349 g/mol. The third-order valence-corrected chi connectivity index (χ3v) is 5.07. The van der Waals surface area contributed by atoms with E-state index in [4.69, 9.17) is 4.74 Å².